The molecule has 5 heteroatoms. The Balaban J connectivity index is 1.41. The summed E-state index contributed by atoms with van der Waals surface area (Å²) in [5, 5.41) is 8.53. The average molecular weight is 380 g/mol. The number of carbonyl (C=O) groups is 1. The lowest BCUT2D eigenvalue weighted by Gasteiger charge is -2.06. The van der Waals surface area contributed by atoms with Gasteiger partial charge in [-0.2, -0.15) is 5.10 Å². The van der Waals surface area contributed by atoms with Crippen LogP contribution in [0, 0.1) is 0 Å². The van der Waals surface area contributed by atoms with Gasteiger partial charge in [-0.1, -0.05) is 48.0 Å². The van der Waals surface area contributed by atoms with E-state index in [1.54, 1.807) is 0 Å². The van der Waals surface area contributed by atoms with Crippen molar-refractivity contribution < 1.29 is 4.79 Å². The molecule has 1 N–H and O–H groups in total. The molecule has 138 valence electrons. The molecule has 0 spiro atoms. The van der Waals surface area contributed by atoms with Gasteiger partial charge >= 0.3 is 0 Å². The molecule has 1 aliphatic carbocycles. The molecule has 1 heterocycles. The molecule has 1 amide bonds. The lowest BCUT2D eigenvalue weighted by molar-refractivity contribution is -0.121. The highest BCUT2D eigenvalue weighted by Gasteiger charge is 2.23. The monoisotopic (exact) mass is 379 g/mol. The highest BCUT2D eigenvalue weighted by Crippen LogP contribution is 2.27. The molecule has 0 aliphatic heterocycles. The summed E-state index contributed by atoms with van der Waals surface area (Å²) in [4.78, 5) is 12.3. The van der Waals surface area contributed by atoms with E-state index in [1.165, 1.54) is 11.3 Å². The summed E-state index contributed by atoms with van der Waals surface area (Å²) in [6.07, 6.45) is 4.28. The first kappa shape index (κ1) is 17.8. The van der Waals surface area contributed by atoms with Gasteiger partial charge in [-0.05, 0) is 55.0 Å². The van der Waals surface area contributed by atoms with E-state index in [2.05, 4.69) is 17.4 Å². The molecule has 0 bridgehead atoms. The van der Waals surface area contributed by atoms with E-state index in [9.17, 15) is 4.79 Å². The molecule has 1 aliphatic rings. The van der Waals surface area contributed by atoms with Crippen molar-refractivity contribution in [1.29, 1.82) is 0 Å². The third-order valence-corrected chi connectivity index (χ3v) is 5.42. The summed E-state index contributed by atoms with van der Waals surface area (Å²) in [6.45, 7) is 0.476. The topological polar surface area (TPSA) is 46.9 Å². The van der Waals surface area contributed by atoms with Crippen LogP contribution in [0.1, 0.15) is 35.4 Å². The minimum absolute atomic E-state index is 0.0240. The zero-order valence-corrected chi connectivity index (χ0v) is 15.9. The van der Waals surface area contributed by atoms with Crippen LogP contribution in [0.4, 0.5) is 0 Å². The zero-order valence-electron chi connectivity index (χ0n) is 15.1. The second-order valence-corrected chi connectivity index (χ2v) is 7.25. The highest BCUT2D eigenvalue weighted by atomic mass is 35.5. The summed E-state index contributed by atoms with van der Waals surface area (Å²) in [6, 6.07) is 17.8. The zero-order chi connectivity index (χ0) is 18.6. The Kier molecular flexibility index (Phi) is 5.26. The minimum Gasteiger partial charge on any atom is -0.350 e. The van der Waals surface area contributed by atoms with E-state index in [-0.39, 0.29) is 5.91 Å². The molecule has 0 radical (unpaired) electrons. The second kappa shape index (κ2) is 7.97. The maximum absolute atomic E-state index is 12.3. The van der Waals surface area contributed by atoms with Gasteiger partial charge in [0.25, 0.3) is 0 Å². The van der Waals surface area contributed by atoms with E-state index in [0.717, 1.165) is 36.2 Å². The molecular weight excluding hydrogens is 358 g/mol. The van der Waals surface area contributed by atoms with Crippen LogP contribution in [0.15, 0.2) is 54.6 Å². The van der Waals surface area contributed by atoms with Crippen molar-refractivity contribution in [1.82, 2.24) is 15.1 Å². The SMILES string of the molecule is O=C(CCc1ccccc1Cl)NCc1nn(-c2ccccc2)c2c1CCC2. The fourth-order valence-corrected chi connectivity index (χ4v) is 3.89. The normalized spacial score (nSPS) is 12.8. The van der Waals surface area contributed by atoms with E-state index in [0.29, 0.717) is 24.4 Å². The maximum Gasteiger partial charge on any atom is 0.220 e. The van der Waals surface area contributed by atoms with Crippen molar-refractivity contribution in [3.63, 3.8) is 0 Å². The molecular formula is C22H22ClN3O. The molecule has 0 fully saturated rings. The number of rotatable bonds is 6. The number of hydrogen-bond acceptors (Lipinski definition) is 2. The standard InChI is InChI=1S/C22H22ClN3O/c23-19-11-5-4-7-16(19)13-14-22(27)24-15-20-18-10-6-12-21(18)26(25-20)17-8-2-1-3-9-17/h1-5,7-9,11H,6,10,12-15H2,(H,24,27). The first-order chi connectivity index (χ1) is 13.2. The van der Waals surface area contributed by atoms with Crippen molar-refractivity contribution in [2.45, 2.75) is 38.6 Å². The minimum atomic E-state index is 0.0240. The smallest absolute Gasteiger partial charge is 0.220 e. The van der Waals surface area contributed by atoms with Gasteiger partial charge in [0.2, 0.25) is 5.91 Å². The van der Waals surface area contributed by atoms with Crippen molar-refractivity contribution in [3.8, 4) is 5.69 Å². The number of aryl methyl sites for hydroxylation is 1. The van der Waals surface area contributed by atoms with Crippen LogP contribution in [0.5, 0.6) is 0 Å². The number of fused-ring (bicyclic) bond motifs is 1. The number of nitrogens with zero attached hydrogens (tertiary/aromatic N) is 2. The molecule has 1 aromatic heterocycles. The summed E-state index contributed by atoms with van der Waals surface area (Å²) in [5.41, 5.74) is 5.64. The van der Waals surface area contributed by atoms with Gasteiger partial charge in [0.05, 0.1) is 17.9 Å². The summed E-state index contributed by atoms with van der Waals surface area (Å²) >= 11 is 6.16. The number of benzene rings is 2. The Labute approximate surface area is 164 Å². The van der Waals surface area contributed by atoms with Crippen LogP contribution in [0.25, 0.3) is 5.69 Å². The Hall–Kier alpha value is -2.59. The fourth-order valence-electron chi connectivity index (χ4n) is 3.66. The van der Waals surface area contributed by atoms with Crippen LogP contribution in [-0.2, 0) is 30.6 Å². The van der Waals surface area contributed by atoms with E-state index >= 15 is 0 Å². The molecule has 4 nitrogen and oxygen atoms in total. The lowest BCUT2D eigenvalue weighted by Crippen LogP contribution is -2.23. The molecule has 3 aromatic rings. The summed E-state index contributed by atoms with van der Waals surface area (Å²) in [7, 11) is 0. The van der Waals surface area contributed by atoms with Crippen LogP contribution >= 0.6 is 11.6 Å². The molecule has 4 rings (SSSR count). The van der Waals surface area contributed by atoms with Crippen molar-refractivity contribution in [2.24, 2.45) is 0 Å². The number of aromatic nitrogens is 2. The van der Waals surface area contributed by atoms with Crippen molar-refractivity contribution in [3.05, 3.63) is 82.1 Å². The van der Waals surface area contributed by atoms with Gasteiger partial charge in [0, 0.05) is 17.1 Å². The number of halogens is 1. The Morgan fingerprint density at radius 1 is 1.07 bits per heavy atom. The van der Waals surface area contributed by atoms with Gasteiger partial charge in [0.1, 0.15) is 0 Å². The molecule has 0 saturated heterocycles. The van der Waals surface area contributed by atoms with Gasteiger partial charge in [-0.25, -0.2) is 4.68 Å². The van der Waals surface area contributed by atoms with Crippen molar-refractivity contribution >= 4 is 17.5 Å². The first-order valence-electron chi connectivity index (χ1n) is 9.37. The Bertz CT molecular complexity index is 949. The van der Waals surface area contributed by atoms with E-state index in [4.69, 9.17) is 16.7 Å². The predicted molar refractivity (Wildman–Crippen MR) is 107 cm³/mol. The Morgan fingerprint density at radius 3 is 2.67 bits per heavy atom. The molecule has 27 heavy (non-hydrogen) atoms. The third kappa shape index (κ3) is 3.91. The maximum atomic E-state index is 12.3. The van der Waals surface area contributed by atoms with Crippen molar-refractivity contribution in [2.75, 3.05) is 0 Å². The number of nitrogens with one attached hydrogen (secondary N) is 1. The second-order valence-electron chi connectivity index (χ2n) is 6.84. The number of amides is 1. The van der Waals surface area contributed by atoms with Crippen LogP contribution < -0.4 is 5.32 Å². The van der Waals surface area contributed by atoms with Gasteiger partial charge in [0.15, 0.2) is 0 Å². The quantitative estimate of drug-likeness (QED) is 0.695. The van der Waals surface area contributed by atoms with Crippen LogP contribution in [-0.4, -0.2) is 15.7 Å². The van der Waals surface area contributed by atoms with Crippen LogP contribution in [0.2, 0.25) is 5.02 Å². The number of hydrogen-bond donors (Lipinski definition) is 1. The van der Waals surface area contributed by atoms with Crippen LogP contribution in [0.3, 0.4) is 0 Å². The van der Waals surface area contributed by atoms with Gasteiger partial charge < -0.3 is 5.32 Å². The third-order valence-electron chi connectivity index (χ3n) is 5.05. The predicted octanol–water partition coefficient (Wildman–Crippen LogP) is 4.26. The lowest BCUT2D eigenvalue weighted by atomic mass is 10.1. The number of para-hydroxylation sites is 1. The van der Waals surface area contributed by atoms with Gasteiger partial charge in [-0.3, -0.25) is 4.79 Å². The molecule has 0 unspecified atom stereocenters. The highest BCUT2D eigenvalue weighted by molar-refractivity contribution is 6.31. The van der Waals surface area contributed by atoms with E-state index < -0.39 is 0 Å². The largest absolute Gasteiger partial charge is 0.350 e. The summed E-state index contributed by atoms with van der Waals surface area (Å²) in [5.74, 6) is 0.0240. The molecule has 0 atom stereocenters. The van der Waals surface area contributed by atoms with Gasteiger partial charge in [-0.15, -0.1) is 0 Å². The summed E-state index contributed by atoms with van der Waals surface area (Å²) < 4.78 is 2.04. The Morgan fingerprint density at radius 2 is 1.85 bits per heavy atom. The fraction of sp³-hybridized carbons (Fsp3) is 0.273. The first-order valence-corrected chi connectivity index (χ1v) is 9.75. The van der Waals surface area contributed by atoms with E-state index in [1.807, 2.05) is 47.1 Å². The average Bonchev–Trinajstić information content (AvgIpc) is 3.29. The number of carbonyl (C=O) groups excluding carboxylic acids is 1. The molecule has 2 aromatic carbocycles. The molecule has 0 saturated carbocycles.